The number of fused-ring (bicyclic) bond motifs is 1. The van der Waals surface area contributed by atoms with Gasteiger partial charge in [-0.15, -0.1) is 0 Å². The number of nitrogens with one attached hydrogen (secondary N) is 1. The first-order valence-electron chi connectivity index (χ1n) is 9.37. The van der Waals surface area contributed by atoms with E-state index in [0.717, 1.165) is 23.8 Å². The lowest BCUT2D eigenvalue weighted by atomic mass is 9.81. The van der Waals surface area contributed by atoms with Crippen molar-refractivity contribution in [1.82, 2.24) is 19.4 Å². The van der Waals surface area contributed by atoms with E-state index in [9.17, 15) is 19.2 Å². The Morgan fingerprint density at radius 1 is 1.14 bits per heavy atom. The van der Waals surface area contributed by atoms with E-state index in [1.54, 1.807) is 6.92 Å². The zero-order chi connectivity index (χ0) is 20.5. The van der Waals surface area contributed by atoms with Gasteiger partial charge in [0.05, 0.1) is 12.0 Å². The highest BCUT2D eigenvalue weighted by Crippen LogP contribution is 2.30. The number of hydrogen-bond donors (Lipinski definition) is 1. The Labute approximate surface area is 161 Å². The van der Waals surface area contributed by atoms with Crippen LogP contribution in [0.4, 0.5) is 0 Å². The van der Waals surface area contributed by atoms with E-state index in [1.807, 2.05) is 0 Å². The topological polar surface area (TPSA) is 112 Å². The maximum Gasteiger partial charge on any atom is 0.332 e. The molecule has 2 heterocycles. The third-order valence-corrected chi connectivity index (χ3v) is 5.26. The van der Waals surface area contributed by atoms with Crippen molar-refractivity contribution in [2.45, 2.75) is 44.6 Å². The van der Waals surface area contributed by atoms with Crippen molar-refractivity contribution < 1.29 is 14.3 Å². The quantitative estimate of drug-likeness (QED) is 0.769. The molecule has 1 fully saturated rings. The molecule has 2 aromatic rings. The van der Waals surface area contributed by atoms with Gasteiger partial charge in [-0.1, -0.05) is 19.3 Å². The zero-order valence-electron chi connectivity index (χ0n) is 16.3. The summed E-state index contributed by atoms with van der Waals surface area (Å²) in [6.07, 6.45) is 3.63. The number of rotatable bonds is 4. The number of nitrogens with zero attached hydrogens (tertiary/aromatic N) is 3. The van der Waals surface area contributed by atoms with Crippen LogP contribution < -0.4 is 16.6 Å². The van der Waals surface area contributed by atoms with Gasteiger partial charge < -0.3 is 10.1 Å². The SMILES string of the molecule is CCOC(=O)C1(NC(=O)c2ccc3c(=O)n(C)c(=O)n(C)c3n2)CCCCC1. The molecular formula is C19H24N4O5. The van der Waals surface area contributed by atoms with Crippen molar-refractivity contribution in [3.8, 4) is 0 Å². The standard InChI is InChI=1S/C19H24N4O5/c1-4-28-17(26)19(10-6-5-7-11-19)21-15(24)13-9-8-12-14(20-13)22(2)18(27)23(3)16(12)25/h8-9H,4-7,10-11H2,1-3H3,(H,21,24). The molecule has 0 bridgehead atoms. The summed E-state index contributed by atoms with van der Waals surface area (Å²) in [6.45, 7) is 1.96. The Morgan fingerprint density at radius 2 is 1.82 bits per heavy atom. The normalized spacial score (nSPS) is 16.0. The molecule has 0 saturated heterocycles. The summed E-state index contributed by atoms with van der Waals surface area (Å²) in [6, 6.07) is 2.89. The number of pyridine rings is 1. The largest absolute Gasteiger partial charge is 0.464 e. The molecule has 1 aliphatic rings. The summed E-state index contributed by atoms with van der Waals surface area (Å²) in [5.41, 5.74) is -1.93. The first-order chi connectivity index (χ1) is 13.3. The van der Waals surface area contributed by atoms with Crippen molar-refractivity contribution >= 4 is 22.9 Å². The molecule has 1 amide bonds. The predicted octanol–water partition coefficient (Wildman–Crippen LogP) is 0.628. The zero-order valence-corrected chi connectivity index (χ0v) is 16.3. The minimum Gasteiger partial charge on any atom is -0.464 e. The van der Waals surface area contributed by atoms with E-state index in [2.05, 4.69) is 10.3 Å². The van der Waals surface area contributed by atoms with Crippen LogP contribution in [0.25, 0.3) is 11.0 Å². The second-order valence-electron chi connectivity index (χ2n) is 7.09. The Hall–Kier alpha value is -2.97. The molecule has 2 aromatic heterocycles. The lowest BCUT2D eigenvalue weighted by Crippen LogP contribution is -2.56. The molecule has 0 atom stereocenters. The second kappa shape index (κ2) is 7.57. The van der Waals surface area contributed by atoms with E-state index in [4.69, 9.17) is 4.74 Å². The molecule has 9 nitrogen and oxygen atoms in total. The monoisotopic (exact) mass is 388 g/mol. The second-order valence-corrected chi connectivity index (χ2v) is 7.09. The van der Waals surface area contributed by atoms with Crippen LogP contribution in [0.5, 0.6) is 0 Å². The number of amides is 1. The lowest BCUT2D eigenvalue weighted by Gasteiger charge is -2.35. The molecule has 1 N–H and O–H groups in total. The highest BCUT2D eigenvalue weighted by Gasteiger charge is 2.42. The molecule has 150 valence electrons. The Kier molecular flexibility index (Phi) is 5.35. The van der Waals surface area contributed by atoms with Gasteiger partial charge >= 0.3 is 11.7 Å². The van der Waals surface area contributed by atoms with Crippen LogP contribution >= 0.6 is 0 Å². The first-order valence-corrected chi connectivity index (χ1v) is 9.37. The summed E-state index contributed by atoms with van der Waals surface area (Å²) in [4.78, 5) is 54.0. The van der Waals surface area contributed by atoms with Gasteiger partial charge in [0.1, 0.15) is 16.9 Å². The average molecular weight is 388 g/mol. The number of carbonyl (C=O) groups is 2. The molecule has 9 heteroatoms. The van der Waals surface area contributed by atoms with Crippen LogP contribution in [0.1, 0.15) is 49.5 Å². The number of hydrogen-bond acceptors (Lipinski definition) is 6. The van der Waals surface area contributed by atoms with E-state index in [0.29, 0.717) is 12.8 Å². The first kappa shape index (κ1) is 19.8. The molecule has 1 saturated carbocycles. The Bertz CT molecular complexity index is 1050. The smallest absolute Gasteiger partial charge is 0.332 e. The lowest BCUT2D eigenvalue weighted by molar-refractivity contribution is -0.152. The Morgan fingerprint density at radius 3 is 2.46 bits per heavy atom. The molecular weight excluding hydrogens is 364 g/mol. The minimum absolute atomic E-state index is 0.0324. The van der Waals surface area contributed by atoms with Crippen LogP contribution in [-0.4, -0.2) is 38.1 Å². The number of carbonyl (C=O) groups excluding carboxylic acids is 2. The van der Waals surface area contributed by atoms with Gasteiger partial charge in [0, 0.05) is 14.1 Å². The fourth-order valence-corrected chi connectivity index (χ4v) is 3.67. The highest BCUT2D eigenvalue weighted by atomic mass is 16.5. The summed E-state index contributed by atoms with van der Waals surface area (Å²) in [7, 11) is 2.87. The molecule has 0 radical (unpaired) electrons. The van der Waals surface area contributed by atoms with E-state index >= 15 is 0 Å². The molecule has 0 aromatic carbocycles. The van der Waals surface area contributed by atoms with Gasteiger partial charge in [-0.2, -0.15) is 0 Å². The van der Waals surface area contributed by atoms with Gasteiger partial charge in [0.25, 0.3) is 11.5 Å². The van der Waals surface area contributed by atoms with E-state index in [1.165, 1.54) is 30.8 Å². The van der Waals surface area contributed by atoms with Crippen LogP contribution in [-0.2, 0) is 23.6 Å². The van der Waals surface area contributed by atoms with Crippen molar-refractivity contribution in [2.75, 3.05) is 6.61 Å². The minimum atomic E-state index is -1.07. The molecule has 28 heavy (non-hydrogen) atoms. The predicted molar refractivity (Wildman–Crippen MR) is 102 cm³/mol. The third kappa shape index (κ3) is 3.32. The van der Waals surface area contributed by atoms with Crippen LogP contribution in [0.3, 0.4) is 0 Å². The van der Waals surface area contributed by atoms with Crippen LogP contribution in [0.15, 0.2) is 21.7 Å². The Balaban J connectivity index is 1.99. The van der Waals surface area contributed by atoms with Crippen molar-refractivity contribution in [1.29, 1.82) is 0 Å². The molecule has 0 unspecified atom stereocenters. The van der Waals surface area contributed by atoms with Crippen molar-refractivity contribution in [3.05, 3.63) is 38.7 Å². The average Bonchev–Trinajstić information content (AvgIpc) is 2.71. The van der Waals surface area contributed by atoms with Gasteiger partial charge in [-0.25, -0.2) is 14.6 Å². The van der Waals surface area contributed by atoms with Gasteiger partial charge in [0.2, 0.25) is 0 Å². The number of aryl methyl sites for hydroxylation is 1. The number of esters is 1. The highest BCUT2D eigenvalue weighted by molar-refractivity contribution is 5.98. The van der Waals surface area contributed by atoms with Crippen LogP contribution in [0.2, 0.25) is 0 Å². The number of aromatic nitrogens is 3. The molecule has 3 rings (SSSR count). The van der Waals surface area contributed by atoms with E-state index < -0.39 is 28.7 Å². The van der Waals surface area contributed by atoms with Gasteiger partial charge in [-0.3, -0.25) is 18.7 Å². The molecule has 0 aliphatic heterocycles. The summed E-state index contributed by atoms with van der Waals surface area (Å²) in [5.74, 6) is -0.977. The fraction of sp³-hybridized carbons (Fsp3) is 0.526. The fourth-order valence-electron chi connectivity index (χ4n) is 3.67. The van der Waals surface area contributed by atoms with Gasteiger partial charge in [0.15, 0.2) is 0 Å². The molecule has 1 aliphatic carbocycles. The molecule has 0 spiro atoms. The third-order valence-electron chi connectivity index (χ3n) is 5.26. The van der Waals surface area contributed by atoms with Crippen molar-refractivity contribution in [3.63, 3.8) is 0 Å². The van der Waals surface area contributed by atoms with Crippen molar-refractivity contribution in [2.24, 2.45) is 14.1 Å². The summed E-state index contributed by atoms with van der Waals surface area (Å²) < 4.78 is 7.40. The van der Waals surface area contributed by atoms with E-state index in [-0.39, 0.29) is 23.3 Å². The summed E-state index contributed by atoms with van der Waals surface area (Å²) >= 11 is 0. The van der Waals surface area contributed by atoms with Crippen LogP contribution in [0, 0.1) is 0 Å². The van der Waals surface area contributed by atoms with Gasteiger partial charge in [-0.05, 0) is 31.9 Å². The summed E-state index contributed by atoms with van der Waals surface area (Å²) in [5, 5.41) is 3.05. The maximum absolute atomic E-state index is 12.9. The maximum atomic E-state index is 12.9. The number of ether oxygens (including phenoxy) is 1.